The standard InChI is InChI=1S/C4H7ClF2/c1-4(2,7)3(5)6/h3H,1-2H3. The minimum atomic E-state index is -1.90. The molecule has 0 rings (SSSR count). The van der Waals surface area contributed by atoms with Crippen LogP contribution in [0.15, 0.2) is 0 Å². The second-order valence-electron chi connectivity index (χ2n) is 1.87. The predicted molar refractivity (Wildman–Crippen MR) is 25.9 cm³/mol. The molecular formula is C4H7ClF2. The van der Waals surface area contributed by atoms with E-state index in [1.807, 2.05) is 0 Å². The summed E-state index contributed by atoms with van der Waals surface area (Å²) in [4.78, 5) is 0. The van der Waals surface area contributed by atoms with Crippen LogP contribution in [0.3, 0.4) is 0 Å². The maximum absolute atomic E-state index is 12.0. The Morgan fingerprint density at radius 1 is 1.57 bits per heavy atom. The van der Waals surface area contributed by atoms with E-state index in [1.54, 1.807) is 0 Å². The van der Waals surface area contributed by atoms with Crippen LogP contribution >= 0.6 is 11.6 Å². The molecule has 1 unspecified atom stereocenters. The molecule has 0 aromatic rings. The van der Waals surface area contributed by atoms with Gasteiger partial charge in [-0.15, -0.1) is 0 Å². The molecule has 0 amide bonds. The molecule has 0 fully saturated rings. The summed E-state index contributed by atoms with van der Waals surface area (Å²) in [6.07, 6.45) is 0. The van der Waals surface area contributed by atoms with Crippen molar-refractivity contribution in [2.24, 2.45) is 0 Å². The Morgan fingerprint density at radius 2 is 1.71 bits per heavy atom. The van der Waals surface area contributed by atoms with Crippen LogP contribution in [-0.4, -0.2) is 11.3 Å². The third-order valence-electron chi connectivity index (χ3n) is 0.519. The zero-order chi connectivity index (χ0) is 6.08. The van der Waals surface area contributed by atoms with Crippen molar-refractivity contribution in [3.8, 4) is 0 Å². The molecule has 0 aromatic carbocycles. The molecule has 0 aliphatic heterocycles. The first-order valence-corrected chi connectivity index (χ1v) is 2.35. The van der Waals surface area contributed by atoms with Crippen molar-refractivity contribution in [3.63, 3.8) is 0 Å². The van der Waals surface area contributed by atoms with Gasteiger partial charge in [-0.1, -0.05) is 11.6 Å². The van der Waals surface area contributed by atoms with Crippen LogP contribution in [0.25, 0.3) is 0 Å². The van der Waals surface area contributed by atoms with Crippen LogP contribution in [0.2, 0.25) is 0 Å². The lowest BCUT2D eigenvalue weighted by Gasteiger charge is -2.11. The summed E-state index contributed by atoms with van der Waals surface area (Å²) in [5.74, 6) is 0. The highest BCUT2D eigenvalue weighted by Gasteiger charge is 2.25. The van der Waals surface area contributed by atoms with Crippen molar-refractivity contribution < 1.29 is 8.78 Å². The van der Waals surface area contributed by atoms with Crippen LogP contribution in [0, 0.1) is 0 Å². The smallest absolute Gasteiger partial charge is 0.206 e. The summed E-state index contributed by atoms with van der Waals surface area (Å²) in [5, 5.41) is 0. The van der Waals surface area contributed by atoms with Gasteiger partial charge in [-0.3, -0.25) is 0 Å². The van der Waals surface area contributed by atoms with Gasteiger partial charge in [0.25, 0.3) is 0 Å². The van der Waals surface area contributed by atoms with Crippen LogP contribution < -0.4 is 0 Å². The largest absolute Gasteiger partial charge is 0.240 e. The summed E-state index contributed by atoms with van der Waals surface area (Å²) in [6.45, 7) is 2.18. The van der Waals surface area contributed by atoms with Crippen molar-refractivity contribution in [1.82, 2.24) is 0 Å². The van der Waals surface area contributed by atoms with Gasteiger partial charge in [0.05, 0.1) is 0 Å². The van der Waals surface area contributed by atoms with E-state index in [4.69, 9.17) is 11.6 Å². The molecule has 0 nitrogen and oxygen atoms in total. The van der Waals surface area contributed by atoms with Gasteiger partial charge >= 0.3 is 0 Å². The summed E-state index contributed by atoms with van der Waals surface area (Å²) in [7, 11) is 0. The van der Waals surface area contributed by atoms with Crippen molar-refractivity contribution in [2.45, 2.75) is 25.1 Å². The predicted octanol–water partition coefficient (Wildman–Crippen LogP) is 2.27. The summed E-state index contributed by atoms with van der Waals surface area (Å²) >= 11 is 4.71. The molecule has 0 spiro atoms. The third-order valence-corrected chi connectivity index (χ3v) is 1.04. The minimum absolute atomic E-state index is 1.09. The summed E-state index contributed by atoms with van der Waals surface area (Å²) in [5.41, 5.74) is -3.80. The molecule has 1 atom stereocenters. The second kappa shape index (κ2) is 1.95. The molecule has 0 aliphatic carbocycles. The second-order valence-corrected chi connectivity index (χ2v) is 2.25. The molecule has 44 valence electrons. The Bertz CT molecular complexity index is 55.2. The summed E-state index contributed by atoms with van der Waals surface area (Å²) in [6, 6.07) is 0. The number of halogens is 3. The fourth-order valence-corrected chi connectivity index (χ4v) is 0. The zero-order valence-corrected chi connectivity index (χ0v) is 4.97. The van der Waals surface area contributed by atoms with E-state index in [1.165, 1.54) is 0 Å². The topological polar surface area (TPSA) is 0 Å². The average Bonchev–Trinajstić information content (AvgIpc) is 1.31. The highest BCUT2D eigenvalue weighted by molar-refractivity contribution is 6.20. The molecule has 0 aliphatic rings. The van der Waals surface area contributed by atoms with E-state index in [0.717, 1.165) is 13.8 Å². The van der Waals surface area contributed by atoms with Gasteiger partial charge in [0.2, 0.25) is 5.63 Å². The Morgan fingerprint density at radius 3 is 1.71 bits per heavy atom. The average molecular weight is 129 g/mol. The molecule has 0 saturated carbocycles. The van der Waals surface area contributed by atoms with Gasteiger partial charge in [0.15, 0.2) is 0 Å². The van der Waals surface area contributed by atoms with E-state index >= 15 is 0 Å². The van der Waals surface area contributed by atoms with E-state index in [0.29, 0.717) is 0 Å². The maximum Gasteiger partial charge on any atom is 0.206 e. The van der Waals surface area contributed by atoms with Crippen LogP contribution in [0.5, 0.6) is 0 Å². The Kier molecular flexibility index (Phi) is 1.99. The normalized spacial score (nSPS) is 16.7. The number of hydrogen-bond acceptors (Lipinski definition) is 0. The number of hydrogen-bond donors (Lipinski definition) is 0. The fourth-order valence-electron chi connectivity index (χ4n) is 0. The van der Waals surface area contributed by atoms with E-state index in [2.05, 4.69) is 0 Å². The molecular weight excluding hydrogens is 121 g/mol. The van der Waals surface area contributed by atoms with Crippen LogP contribution in [0.4, 0.5) is 8.78 Å². The van der Waals surface area contributed by atoms with E-state index in [-0.39, 0.29) is 0 Å². The maximum atomic E-state index is 12.0. The third kappa shape index (κ3) is 2.80. The first kappa shape index (κ1) is 7.15. The molecule has 7 heavy (non-hydrogen) atoms. The van der Waals surface area contributed by atoms with E-state index < -0.39 is 11.3 Å². The first-order valence-electron chi connectivity index (χ1n) is 1.91. The highest BCUT2D eigenvalue weighted by atomic mass is 35.5. The lowest BCUT2D eigenvalue weighted by Crippen LogP contribution is -2.21. The van der Waals surface area contributed by atoms with Gasteiger partial charge in [-0.25, -0.2) is 8.78 Å². The number of alkyl halides is 3. The summed E-state index contributed by atoms with van der Waals surface area (Å²) < 4.78 is 23.6. The van der Waals surface area contributed by atoms with E-state index in [9.17, 15) is 8.78 Å². The van der Waals surface area contributed by atoms with Crippen molar-refractivity contribution in [1.29, 1.82) is 0 Å². The van der Waals surface area contributed by atoms with Gasteiger partial charge in [-0.2, -0.15) is 0 Å². The minimum Gasteiger partial charge on any atom is -0.240 e. The molecule has 0 aromatic heterocycles. The fraction of sp³-hybridized carbons (Fsp3) is 1.00. The van der Waals surface area contributed by atoms with Gasteiger partial charge in [0.1, 0.15) is 5.67 Å². The van der Waals surface area contributed by atoms with Crippen LogP contribution in [0.1, 0.15) is 13.8 Å². The lowest BCUT2D eigenvalue weighted by molar-refractivity contribution is 0.138. The van der Waals surface area contributed by atoms with Crippen molar-refractivity contribution in [3.05, 3.63) is 0 Å². The van der Waals surface area contributed by atoms with Crippen molar-refractivity contribution in [2.75, 3.05) is 0 Å². The Hall–Kier alpha value is 0.150. The van der Waals surface area contributed by atoms with Crippen molar-refractivity contribution >= 4 is 11.6 Å². The molecule has 0 N–H and O–H groups in total. The van der Waals surface area contributed by atoms with Crippen LogP contribution in [-0.2, 0) is 0 Å². The Labute approximate surface area is 46.5 Å². The first-order chi connectivity index (χ1) is 2.94. The van der Waals surface area contributed by atoms with Gasteiger partial charge in [-0.05, 0) is 13.8 Å². The highest BCUT2D eigenvalue weighted by Crippen LogP contribution is 2.20. The molecule has 0 bridgehead atoms. The van der Waals surface area contributed by atoms with Gasteiger partial charge < -0.3 is 0 Å². The zero-order valence-electron chi connectivity index (χ0n) is 4.21. The molecule has 3 heteroatoms. The number of rotatable bonds is 1. The molecule has 0 radical (unpaired) electrons. The monoisotopic (exact) mass is 128 g/mol. The Balaban J connectivity index is 3.54. The molecule has 0 saturated heterocycles. The quantitative estimate of drug-likeness (QED) is 0.476. The lowest BCUT2D eigenvalue weighted by atomic mass is 10.2. The molecule has 0 heterocycles. The van der Waals surface area contributed by atoms with Gasteiger partial charge in [0, 0.05) is 0 Å². The SMILES string of the molecule is CC(C)(F)C(F)Cl.